The Bertz CT molecular complexity index is 1360. The molecular formula is C25H18BrClN4O. The van der Waals surface area contributed by atoms with E-state index >= 15 is 0 Å². The first-order valence-corrected chi connectivity index (χ1v) is 11.4. The summed E-state index contributed by atoms with van der Waals surface area (Å²) in [5.41, 5.74) is 6.34. The number of nitrogens with zero attached hydrogens (tertiary/aromatic N) is 3. The summed E-state index contributed by atoms with van der Waals surface area (Å²) in [4.78, 5) is 4.47. The molecule has 6 rings (SSSR count). The van der Waals surface area contributed by atoms with Crippen molar-refractivity contribution in [1.29, 1.82) is 0 Å². The van der Waals surface area contributed by atoms with E-state index in [2.05, 4.69) is 74.7 Å². The minimum atomic E-state index is -0.294. The van der Waals surface area contributed by atoms with Crippen molar-refractivity contribution >= 4 is 39.2 Å². The van der Waals surface area contributed by atoms with Gasteiger partial charge in [0.1, 0.15) is 24.2 Å². The fourth-order valence-electron chi connectivity index (χ4n) is 4.42. The zero-order valence-corrected chi connectivity index (χ0v) is 19.4. The number of hydrogen-bond acceptors (Lipinski definition) is 4. The third-order valence-electron chi connectivity index (χ3n) is 5.94. The second-order valence-electron chi connectivity index (χ2n) is 7.99. The van der Waals surface area contributed by atoms with Crippen molar-refractivity contribution in [2.75, 3.05) is 5.32 Å². The molecular weight excluding hydrogens is 488 g/mol. The maximum Gasteiger partial charge on any atom is 0.226 e. The quantitative estimate of drug-likeness (QED) is 0.335. The van der Waals surface area contributed by atoms with Crippen LogP contribution < -0.4 is 10.1 Å². The van der Waals surface area contributed by atoms with E-state index in [0.29, 0.717) is 11.0 Å². The predicted octanol–water partition coefficient (Wildman–Crippen LogP) is 6.56. The van der Waals surface area contributed by atoms with E-state index in [0.717, 1.165) is 38.2 Å². The lowest BCUT2D eigenvalue weighted by Crippen LogP contribution is -2.32. The SMILES string of the molecule is Cc1ccc([C@@H]2Oc3ccc(Cl)cc3C3=C2[C@@H](c2ccc(Br)cc2)n2ncnc2N3)cc1. The van der Waals surface area contributed by atoms with E-state index < -0.39 is 0 Å². The number of hydrogen-bond donors (Lipinski definition) is 1. The van der Waals surface area contributed by atoms with Crippen LogP contribution >= 0.6 is 27.5 Å². The zero-order valence-electron chi connectivity index (χ0n) is 17.1. The van der Waals surface area contributed by atoms with Crippen LogP contribution in [0.25, 0.3) is 5.70 Å². The molecule has 4 aromatic rings. The van der Waals surface area contributed by atoms with Gasteiger partial charge in [-0.25, -0.2) is 4.68 Å². The maximum atomic E-state index is 6.62. The molecule has 158 valence electrons. The molecule has 0 amide bonds. The summed E-state index contributed by atoms with van der Waals surface area (Å²) in [5, 5.41) is 8.72. The number of anilines is 1. The number of aromatic nitrogens is 3. The van der Waals surface area contributed by atoms with Crippen LogP contribution in [0, 0.1) is 6.92 Å². The number of halogens is 2. The normalized spacial score (nSPS) is 18.8. The molecule has 3 heterocycles. The number of rotatable bonds is 2. The standard InChI is InChI=1S/C25H18BrClN4O/c1-14-2-4-16(5-3-14)24-21-22(19-12-18(27)10-11-20(19)32-24)30-25-28-13-29-31(25)23(21)15-6-8-17(26)9-7-15/h2-13,23-24H,1H3,(H,28,29,30)/t23-,24+/m1/s1. The average molecular weight is 506 g/mol. The molecule has 0 saturated heterocycles. The Kier molecular flexibility index (Phi) is 4.59. The van der Waals surface area contributed by atoms with Crippen molar-refractivity contribution < 1.29 is 4.74 Å². The van der Waals surface area contributed by atoms with Gasteiger partial charge in [-0.3, -0.25) is 0 Å². The van der Waals surface area contributed by atoms with Crippen LogP contribution in [-0.4, -0.2) is 14.8 Å². The monoisotopic (exact) mass is 504 g/mol. The Morgan fingerprint density at radius 2 is 1.75 bits per heavy atom. The third-order valence-corrected chi connectivity index (χ3v) is 6.71. The molecule has 3 aromatic carbocycles. The Labute approximate surface area is 198 Å². The van der Waals surface area contributed by atoms with Crippen molar-refractivity contribution in [3.63, 3.8) is 0 Å². The van der Waals surface area contributed by atoms with Crippen molar-refractivity contribution in [3.8, 4) is 5.75 Å². The first-order chi connectivity index (χ1) is 15.6. The van der Waals surface area contributed by atoms with Crippen LogP contribution in [0.3, 0.4) is 0 Å². The minimum Gasteiger partial charge on any atom is -0.480 e. The highest BCUT2D eigenvalue weighted by molar-refractivity contribution is 9.10. The second kappa shape index (κ2) is 7.50. The molecule has 0 bridgehead atoms. The van der Waals surface area contributed by atoms with Crippen molar-refractivity contribution in [1.82, 2.24) is 14.8 Å². The summed E-state index contributed by atoms with van der Waals surface area (Å²) in [6, 6.07) is 22.3. The Morgan fingerprint density at radius 3 is 2.53 bits per heavy atom. The van der Waals surface area contributed by atoms with E-state index in [9.17, 15) is 0 Å². The van der Waals surface area contributed by atoms with Gasteiger partial charge in [-0.2, -0.15) is 10.1 Å². The smallest absolute Gasteiger partial charge is 0.226 e. The van der Waals surface area contributed by atoms with Crippen molar-refractivity contribution in [2.45, 2.75) is 19.1 Å². The lowest BCUT2D eigenvalue weighted by molar-refractivity contribution is 0.223. The highest BCUT2D eigenvalue weighted by Gasteiger charge is 2.40. The maximum absolute atomic E-state index is 6.62. The lowest BCUT2D eigenvalue weighted by atomic mass is 9.84. The molecule has 2 aliphatic rings. The third kappa shape index (κ3) is 3.14. The minimum absolute atomic E-state index is 0.185. The highest BCUT2D eigenvalue weighted by atomic mass is 79.9. The summed E-state index contributed by atoms with van der Waals surface area (Å²) in [6.45, 7) is 2.09. The summed E-state index contributed by atoms with van der Waals surface area (Å²) < 4.78 is 9.56. The van der Waals surface area contributed by atoms with Crippen LogP contribution in [0.15, 0.2) is 83.1 Å². The fourth-order valence-corrected chi connectivity index (χ4v) is 4.86. The van der Waals surface area contributed by atoms with E-state index in [1.54, 1.807) is 6.33 Å². The molecule has 1 N–H and O–H groups in total. The number of ether oxygens (including phenoxy) is 1. The number of nitrogens with one attached hydrogen (secondary N) is 1. The van der Waals surface area contributed by atoms with Gasteiger partial charge in [-0.1, -0.05) is 69.5 Å². The number of fused-ring (bicyclic) bond motifs is 3. The van der Waals surface area contributed by atoms with Gasteiger partial charge in [-0.05, 0) is 48.4 Å². The van der Waals surface area contributed by atoms with E-state index in [4.69, 9.17) is 16.3 Å². The molecule has 0 spiro atoms. The van der Waals surface area contributed by atoms with Gasteiger partial charge in [0.15, 0.2) is 0 Å². The Balaban J connectivity index is 1.63. The van der Waals surface area contributed by atoms with Crippen LogP contribution in [0.4, 0.5) is 5.95 Å². The van der Waals surface area contributed by atoms with Gasteiger partial charge in [0.2, 0.25) is 5.95 Å². The molecule has 32 heavy (non-hydrogen) atoms. The van der Waals surface area contributed by atoms with E-state index in [1.807, 2.05) is 35.0 Å². The van der Waals surface area contributed by atoms with Gasteiger partial charge >= 0.3 is 0 Å². The molecule has 0 radical (unpaired) electrons. The first kappa shape index (κ1) is 19.6. The summed E-state index contributed by atoms with van der Waals surface area (Å²) in [7, 11) is 0. The molecule has 0 aliphatic carbocycles. The predicted molar refractivity (Wildman–Crippen MR) is 129 cm³/mol. The molecule has 2 atom stereocenters. The van der Waals surface area contributed by atoms with E-state index in [1.165, 1.54) is 5.56 Å². The van der Waals surface area contributed by atoms with E-state index in [-0.39, 0.29) is 12.1 Å². The second-order valence-corrected chi connectivity index (χ2v) is 9.34. The molecule has 0 fully saturated rings. The summed E-state index contributed by atoms with van der Waals surface area (Å²) >= 11 is 9.93. The van der Waals surface area contributed by atoms with Crippen LogP contribution in [0.5, 0.6) is 5.75 Å². The largest absolute Gasteiger partial charge is 0.480 e. The van der Waals surface area contributed by atoms with Gasteiger partial charge in [0.25, 0.3) is 0 Å². The Morgan fingerprint density at radius 1 is 1.00 bits per heavy atom. The highest BCUT2D eigenvalue weighted by Crippen LogP contribution is 2.51. The van der Waals surface area contributed by atoms with Gasteiger partial charge in [-0.15, -0.1) is 0 Å². The van der Waals surface area contributed by atoms with Crippen molar-refractivity contribution in [3.05, 3.63) is 110 Å². The topological polar surface area (TPSA) is 52.0 Å². The van der Waals surface area contributed by atoms with Crippen molar-refractivity contribution in [2.24, 2.45) is 0 Å². The number of benzene rings is 3. The zero-order chi connectivity index (χ0) is 21.8. The number of aryl methyl sites for hydroxylation is 1. The van der Waals surface area contributed by atoms with Gasteiger partial charge < -0.3 is 10.1 Å². The lowest BCUT2D eigenvalue weighted by Gasteiger charge is -2.39. The van der Waals surface area contributed by atoms with Crippen LogP contribution in [0.2, 0.25) is 5.02 Å². The summed E-state index contributed by atoms with van der Waals surface area (Å²) in [6.07, 6.45) is 1.28. The first-order valence-electron chi connectivity index (χ1n) is 10.3. The van der Waals surface area contributed by atoms with Crippen LogP contribution in [-0.2, 0) is 0 Å². The fraction of sp³-hybridized carbons (Fsp3) is 0.120. The molecule has 0 saturated carbocycles. The van der Waals surface area contributed by atoms with Gasteiger partial charge in [0, 0.05) is 20.6 Å². The molecule has 2 aliphatic heterocycles. The van der Waals surface area contributed by atoms with Gasteiger partial charge in [0.05, 0.1) is 5.70 Å². The molecule has 0 unspecified atom stereocenters. The molecule has 5 nitrogen and oxygen atoms in total. The Hall–Kier alpha value is -3.09. The average Bonchev–Trinajstić information content (AvgIpc) is 3.27. The summed E-state index contributed by atoms with van der Waals surface area (Å²) in [5.74, 6) is 1.47. The van der Waals surface area contributed by atoms with Crippen LogP contribution in [0.1, 0.15) is 34.4 Å². The molecule has 7 heteroatoms. The molecule has 1 aromatic heterocycles.